The molecule has 0 aliphatic heterocycles. The first kappa shape index (κ1) is 23.1. The van der Waals surface area contributed by atoms with Crippen molar-refractivity contribution in [2.75, 3.05) is 26.0 Å². The molecular weight excluding hydrogens is 408 g/mol. The Morgan fingerprint density at radius 3 is 2.72 bits per heavy atom. The third-order valence-corrected chi connectivity index (χ3v) is 5.20. The van der Waals surface area contributed by atoms with Crippen LogP contribution in [0.1, 0.15) is 23.4 Å². The van der Waals surface area contributed by atoms with Crippen molar-refractivity contribution in [3.05, 3.63) is 59.7 Å². The third-order valence-electron chi connectivity index (χ3n) is 5.20. The highest BCUT2D eigenvalue weighted by Crippen LogP contribution is 2.19. The first-order chi connectivity index (χ1) is 15.4. The standard InChI is InChI=1S/C23H30N6O3/c1-17-13-18(2)29(26-17)12-11-27(3)23(31)16-28-15-20(14-24-28)25-22(30)10-9-19-7-5-6-8-21(19)32-4/h5-8,13-15H,9-12,16H2,1-4H3,(H,25,30). The molecule has 2 aromatic heterocycles. The smallest absolute Gasteiger partial charge is 0.244 e. The number of methoxy groups -OCH3 is 1. The van der Waals surface area contributed by atoms with Crippen LogP contribution >= 0.6 is 0 Å². The Labute approximate surface area is 188 Å². The van der Waals surface area contributed by atoms with Gasteiger partial charge >= 0.3 is 0 Å². The maximum absolute atomic E-state index is 12.5. The van der Waals surface area contributed by atoms with Crippen LogP contribution in [0.15, 0.2) is 42.7 Å². The molecule has 0 bridgehead atoms. The minimum absolute atomic E-state index is 0.0660. The van der Waals surface area contributed by atoms with Crippen molar-refractivity contribution in [1.29, 1.82) is 0 Å². The summed E-state index contributed by atoms with van der Waals surface area (Å²) in [6.07, 6.45) is 4.10. The minimum atomic E-state index is -0.121. The number of anilines is 1. The summed E-state index contributed by atoms with van der Waals surface area (Å²) in [5, 5.41) is 11.4. The van der Waals surface area contributed by atoms with Crippen molar-refractivity contribution in [2.24, 2.45) is 0 Å². The van der Waals surface area contributed by atoms with E-state index in [2.05, 4.69) is 15.5 Å². The highest BCUT2D eigenvalue weighted by molar-refractivity contribution is 5.90. The minimum Gasteiger partial charge on any atom is -0.496 e. The molecule has 0 saturated heterocycles. The van der Waals surface area contributed by atoms with Gasteiger partial charge in [-0.25, -0.2) is 0 Å². The molecule has 0 atom stereocenters. The van der Waals surface area contributed by atoms with E-state index in [1.165, 1.54) is 4.68 Å². The van der Waals surface area contributed by atoms with Crippen molar-refractivity contribution in [3.8, 4) is 5.75 Å². The van der Waals surface area contributed by atoms with Crippen LogP contribution in [0.5, 0.6) is 5.75 Å². The van der Waals surface area contributed by atoms with Gasteiger partial charge in [0.1, 0.15) is 12.3 Å². The number of carbonyl (C=O) groups is 2. The number of benzene rings is 1. The van der Waals surface area contributed by atoms with Crippen molar-refractivity contribution < 1.29 is 14.3 Å². The van der Waals surface area contributed by atoms with E-state index in [-0.39, 0.29) is 18.4 Å². The van der Waals surface area contributed by atoms with E-state index in [0.29, 0.717) is 31.6 Å². The fraction of sp³-hybridized carbons (Fsp3) is 0.391. The molecule has 0 fully saturated rings. The van der Waals surface area contributed by atoms with Crippen molar-refractivity contribution >= 4 is 17.5 Å². The summed E-state index contributed by atoms with van der Waals surface area (Å²) in [4.78, 5) is 26.5. The van der Waals surface area contributed by atoms with Gasteiger partial charge in [0.2, 0.25) is 11.8 Å². The van der Waals surface area contributed by atoms with Gasteiger partial charge in [-0.3, -0.25) is 19.0 Å². The molecule has 2 heterocycles. The second-order valence-electron chi connectivity index (χ2n) is 7.75. The van der Waals surface area contributed by atoms with E-state index in [1.54, 1.807) is 31.5 Å². The lowest BCUT2D eigenvalue weighted by atomic mass is 10.1. The highest BCUT2D eigenvalue weighted by Gasteiger charge is 2.13. The summed E-state index contributed by atoms with van der Waals surface area (Å²) in [5.41, 5.74) is 3.58. The molecule has 1 aromatic carbocycles. The van der Waals surface area contributed by atoms with Crippen LogP contribution in [0.25, 0.3) is 0 Å². The first-order valence-electron chi connectivity index (χ1n) is 10.5. The van der Waals surface area contributed by atoms with Crippen LogP contribution in [0.4, 0.5) is 5.69 Å². The number of hydrogen-bond acceptors (Lipinski definition) is 5. The Balaban J connectivity index is 1.45. The second kappa shape index (κ2) is 10.6. The van der Waals surface area contributed by atoms with Gasteiger partial charge in [-0.05, 0) is 38.0 Å². The van der Waals surface area contributed by atoms with E-state index in [0.717, 1.165) is 22.7 Å². The van der Waals surface area contributed by atoms with E-state index in [1.807, 2.05) is 48.9 Å². The number of hydrogen-bond donors (Lipinski definition) is 1. The van der Waals surface area contributed by atoms with Gasteiger partial charge in [-0.1, -0.05) is 18.2 Å². The SMILES string of the molecule is COc1ccccc1CCC(=O)Nc1cnn(CC(=O)N(C)CCn2nc(C)cc2C)c1. The Morgan fingerprint density at radius 2 is 2.00 bits per heavy atom. The van der Waals surface area contributed by atoms with Gasteiger partial charge in [0.25, 0.3) is 0 Å². The molecule has 2 amide bonds. The number of rotatable bonds is 10. The number of aryl methyl sites for hydroxylation is 3. The van der Waals surface area contributed by atoms with Crippen molar-refractivity contribution in [3.63, 3.8) is 0 Å². The topological polar surface area (TPSA) is 94.3 Å². The van der Waals surface area contributed by atoms with Crippen LogP contribution in [0.2, 0.25) is 0 Å². The number of likely N-dealkylation sites (N-methyl/N-ethyl adjacent to an activating group) is 1. The molecule has 170 valence electrons. The van der Waals surface area contributed by atoms with Crippen molar-refractivity contribution in [1.82, 2.24) is 24.5 Å². The van der Waals surface area contributed by atoms with Gasteiger partial charge < -0.3 is 15.0 Å². The van der Waals surface area contributed by atoms with Crippen LogP contribution in [-0.4, -0.2) is 57.0 Å². The molecule has 0 aliphatic rings. The first-order valence-corrected chi connectivity index (χ1v) is 10.5. The predicted molar refractivity (Wildman–Crippen MR) is 122 cm³/mol. The molecule has 0 unspecified atom stereocenters. The molecule has 3 rings (SSSR count). The summed E-state index contributed by atoms with van der Waals surface area (Å²) in [6, 6.07) is 9.65. The van der Waals surface area contributed by atoms with Gasteiger partial charge in [0.05, 0.1) is 31.2 Å². The Morgan fingerprint density at radius 1 is 1.22 bits per heavy atom. The summed E-state index contributed by atoms with van der Waals surface area (Å²) < 4.78 is 8.74. The molecule has 9 heteroatoms. The molecule has 3 aromatic rings. The maximum atomic E-state index is 12.5. The Bertz CT molecular complexity index is 1070. The third kappa shape index (κ3) is 6.19. The van der Waals surface area contributed by atoms with E-state index in [4.69, 9.17) is 4.74 Å². The summed E-state index contributed by atoms with van der Waals surface area (Å²) in [7, 11) is 3.38. The lowest BCUT2D eigenvalue weighted by Gasteiger charge is -2.17. The number of nitrogens with zero attached hydrogens (tertiary/aromatic N) is 5. The van der Waals surface area contributed by atoms with Crippen molar-refractivity contribution in [2.45, 2.75) is 39.8 Å². The summed E-state index contributed by atoms with van der Waals surface area (Å²) >= 11 is 0. The molecule has 0 spiro atoms. The largest absolute Gasteiger partial charge is 0.496 e. The second-order valence-corrected chi connectivity index (χ2v) is 7.75. The van der Waals surface area contributed by atoms with Crippen LogP contribution in [-0.2, 0) is 29.1 Å². The van der Waals surface area contributed by atoms with Crippen LogP contribution < -0.4 is 10.1 Å². The average molecular weight is 439 g/mol. The van der Waals surface area contributed by atoms with E-state index >= 15 is 0 Å². The van der Waals surface area contributed by atoms with E-state index < -0.39 is 0 Å². The number of nitrogens with one attached hydrogen (secondary N) is 1. The molecule has 0 aliphatic carbocycles. The fourth-order valence-electron chi connectivity index (χ4n) is 3.43. The molecular formula is C23H30N6O3. The fourth-order valence-corrected chi connectivity index (χ4v) is 3.43. The molecule has 9 nitrogen and oxygen atoms in total. The number of ether oxygens (including phenoxy) is 1. The molecule has 0 radical (unpaired) electrons. The Kier molecular flexibility index (Phi) is 7.64. The van der Waals surface area contributed by atoms with Gasteiger partial charge in [-0.15, -0.1) is 0 Å². The number of amides is 2. The molecule has 32 heavy (non-hydrogen) atoms. The van der Waals surface area contributed by atoms with Gasteiger partial charge in [0, 0.05) is 31.9 Å². The zero-order valence-electron chi connectivity index (χ0n) is 19.0. The average Bonchev–Trinajstić information content (AvgIpc) is 3.35. The number of para-hydroxylation sites is 1. The lowest BCUT2D eigenvalue weighted by molar-refractivity contribution is -0.130. The Hall–Kier alpha value is -3.62. The monoisotopic (exact) mass is 438 g/mol. The predicted octanol–water partition coefficient (Wildman–Crippen LogP) is 2.43. The molecule has 0 saturated carbocycles. The highest BCUT2D eigenvalue weighted by atomic mass is 16.5. The van der Waals surface area contributed by atoms with Crippen LogP contribution in [0, 0.1) is 13.8 Å². The number of carbonyl (C=O) groups excluding carboxylic acids is 2. The zero-order chi connectivity index (χ0) is 23.1. The van der Waals surface area contributed by atoms with Crippen LogP contribution in [0.3, 0.4) is 0 Å². The summed E-state index contributed by atoms with van der Waals surface area (Å²) in [5.74, 6) is 0.584. The number of aromatic nitrogens is 4. The quantitative estimate of drug-likeness (QED) is 0.525. The summed E-state index contributed by atoms with van der Waals surface area (Å²) in [6.45, 7) is 5.23. The lowest BCUT2D eigenvalue weighted by Crippen LogP contribution is -2.33. The molecule has 1 N–H and O–H groups in total. The van der Waals surface area contributed by atoms with Gasteiger partial charge in [0.15, 0.2) is 0 Å². The normalized spacial score (nSPS) is 10.8. The van der Waals surface area contributed by atoms with E-state index in [9.17, 15) is 9.59 Å². The van der Waals surface area contributed by atoms with Gasteiger partial charge in [-0.2, -0.15) is 10.2 Å². The zero-order valence-corrected chi connectivity index (χ0v) is 19.0. The maximum Gasteiger partial charge on any atom is 0.244 e.